The maximum atomic E-state index is 14.6. The smallest absolute Gasteiger partial charge is 0.248 e. The van der Waals surface area contributed by atoms with Crippen LogP contribution in [0, 0.1) is 17.8 Å². The Labute approximate surface area is 250 Å². The Morgan fingerprint density at radius 1 is 1.14 bits per heavy atom. The fourth-order valence-electron chi connectivity index (χ4n) is 7.35. The minimum Gasteiger partial charge on any atom is -0.494 e. The van der Waals surface area contributed by atoms with Crippen molar-refractivity contribution in [2.75, 3.05) is 44.3 Å². The monoisotopic (exact) mass is 581 g/mol. The molecule has 4 rings (SSSR count). The number of carbonyl (C=O) groups is 3. The Bertz CT molecular complexity index is 1170. The zero-order chi connectivity index (χ0) is 30.7. The second-order valence-electron chi connectivity index (χ2n) is 11.9. The fraction of sp³-hybridized carbons (Fsp3) is 0.606. The third-order valence-corrected chi connectivity index (χ3v) is 9.35. The number of anilines is 1. The predicted octanol–water partition coefficient (Wildman–Crippen LogP) is 3.81. The molecule has 9 nitrogen and oxygen atoms in total. The molecule has 0 aromatic heterocycles. The average molecular weight is 582 g/mol. The van der Waals surface area contributed by atoms with Crippen molar-refractivity contribution in [2.24, 2.45) is 17.8 Å². The van der Waals surface area contributed by atoms with Crippen LogP contribution < -0.4 is 9.64 Å². The van der Waals surface area contributed by atoms with Crippen LogP contribution >= 0.6 is 0 Å². The van der Waals surface area contributed by atoms with Crippen LogP contribution in [0.1, 0.15) is 53.4 Å². The molecule has 2 bridgehead atoms. The van der Waals surface area contributed by atoms with Gasteiger partial charge in [0.25, 0.3) is 0 Å². The van der Waals surface area contributed by atoms with Crippen LogP contribution in [0.25, 0.3) is 0 Å². The quantitative estimate of drug-likeness (QED) is 0.316. The summed E-state index contributed by atoms with van der Waals surface area (Å²) in [6, 6.07) is 6.43. The number of carbonyl (C=O) groups excluding carboxylic acids is 3. The van der Waals surface area contributed by atoms with E-state index in [2.05, 4.69) is 20.1 Å². The molecule has 3 saturated heterocycles. The molecule has 0 radical (unpaired) electrons. The lowest BCUT2D eigenvalue weighted by molar-refractivity contribution is -0.152. The van der Waals surface area contributed by atoms with Crippen molar-refractivity contribution >= 4 is 23.4 Å². The summed E-state index contributed by atoms with van der Waals surface area (Å²) in [4.78, 5) is 48.3. The summed E-state index contributed by atoms with van der Waals surface area (Å²) >= 11 is 0. The lowest BCUT2D eigenvalue weighted by atomic mass is 9.62. The van der Waals surface area contributed by atoms with Crippen molar-refractivity contribution in [2.45, 2.75) is 70.6 Å². The first-order chi connectivity index (χ1) is 20.1. The van der Waals surface area contributed by atoms with Crippen LogP contribution in [0.15, 0.2) is 49.6 Å². The van der Waals surface area contributed by atoms with Gasteiger partial charge in [-0.3, -0.25) is 14.4 Å². The molecule has 9 heteroatoms. The van der Waals surface area contributed by atoms with Gasteiger partial charge in [0.05, 0.1) is 24.0 Å². The summed E-state index contributed by atoms with van der Waals surface area (Å²) in [5, 5.41) is 9.66. The number of benzene rings is 1. The molecular weight excluding hydrogens is 534 g/mol. The zero-order valence-electron chi connectivity index (χ0n) is 25.6. The summed E-state index contributed by atoms with van der Waals surface area (Å²) < 4.78 is 12.5. The largest absolute Gasteiger partial charge is 0.494 e. The van der Waals surface area contributed by atoms with E-state index in [0.717, 1.165) is 12.8 Å². The summed E-state index contributed by atoms with van der Waals surface area (Å²) in [7, 11) is 0. The standard InChI is InChI=1S/C33H47N3O6/c1-7-11-19-34(17-8-2)31(40)28-33-22-23(5)32(6,42-33)26(27(33)30(39)36(28)20-12-21-37)29(38)35(18-9-3)24-13-15-25(16-14-24)41-10-4/h8-9,13-16,23,26-28,37H,2-3,7,10-12,17-22H2,1,4-6H3/t23?,26-,27+,28?,32+,33?/m1/s1. The molecule has 1 aromatic carbocycles. The molecule has 1 spiro atoms. The third-order valence-electron chi connectivity index (χ3n) is 9.35. The number of ether oxygens (including phenoxy) is 2. The van der Waals surface area contributed by atoms with Crippen LogP contribution in [-0.2, 0) is 19.1 Å². The number of aliphatic hydroxyl groups excluding tert-OH is 1. The number of unbranched alkanes of at least 4 members (excludes halogenated alkanes) is 1. The number of nitrogens with zero attached hydrogens (tertiary/aromatic N) is 3. The number of amides is 3. The molecule has 0 saturated carbocycles. The van der Waals surface area contributed by atoms with E-state index in [0.29, 0.717) is 44.0 Å². The van der Waals surface area contributed by atoms with Gasteiger partial charge in [0.1, 0.15) is 17.4 Å². The van der Waals surface area contributed by atoms with E-state index >= 15 is 0 Å². The molecule has 0 aliphatic carbocycles. The summed E-state index contributed by atoms with van der Waals surface area (Å²) in [6.07, 6.45) is 5.93. The van der Waals surface area contributed by atoms with Gasteiger partial charge in [0, 0.05) is 38.5 Å². The van der Waals surface area contributed by atoms with Gasteiger partial charge in [-0.2, -0.15) is 0 Å². The molecule has 3 fully saturated rings. The molecule has 230 valence electrons. The van der Waals surface area contributed by atoms with E-state index in [4.69, 9.17) is 9.47 Å². The van der Waals surface area contributed by atoms with E-state index < -0.39 is 29.1 Å². The second-order valence-corrected chi connectivity index (χ2v) is 11.9. The van der Waals surface area contributed by atoms with Gasteiger partial charge in [-0.1, -0.05) is 32.4 Å². The van der Waals surface area contributed by atoms with Crippen molar-refractivity contribution in [1.82, 2.24) is 9.80 Å². The van der Waals surface area contributed by atoms with Crippen LogP contribution in [0.2, 0.25) is 0 Å². The van der Waals surface area contributed by atoms with E-state index in [1.54, 1.807) is 26.9 Å². The highest BCUT2D eigenvalue weighted by Gasteiger charge is 2.80. The van der Waals surface area contributed by atoms with Gasteiger partial charge in [-0.15, -0.1) is 13.2 Å². The number of aliphatic hydroxyl groups is 1. The van der Waals surface area contributed by atoms with Gasteiger partial charge in [0.15, 0.2) is 0 Å². The molecule has 3 aliphatic heterocycles. The molecule has 3 unspecified atom stereocenters. The second kappa shape index (κ2) is 13.0. The van der Waals surface area contributed by atoms with Crippen molar-refractivity contribution in [3.05, 3.63) is 49.6 Å². The minimum atomic E-state index is -1.14. The van der Waals surface area contributed by atoms with Gasteiger partial charge in [0.2, 0.25) is 17.7 Å². The molecule has 6 atom stereocenters. The zero-order valence-corrected chi connectivity index (χ0v) is 25.6. The lowest BCUT2D eigenvalue weighted by Gasteiger charge is -2.39. The Balaban J connectivity index is 1.78. The SMILES string of the molecule is C=CCN(CCCC)C(=O)C1N(CCCO)C(=O)[C@@H]2[C@H](C(=O)N(CC=C)c3ccc(OCC)cc3)[C@@]3(C)OC12CC3C. The van der Waals surface area contributed by atoms with Crippen molar-refractivity contribution in [1.29, 1.82) is 0 Å². The molecule has 3 heterocycles. The van der Waals surface area contributed by atoms with Crippen molar-refractivity contribution in [3.8, 4) is 5.75 Å². The first kappa shape index (κ1) is 31.8. The Morgan fingerprint density at radius 3 is 2.43 bits per heavy atom. The highest BCUT2D eigenvalue weighted by molar-refractivity contribution is 6.03. The van der Waals surface area contributed by atoms with Crippen LogP contribution in [0.5, 0.6) is 5.75 Å². The Kier molecular flexibility index (Phi) is 9.83. The van der Waals surface area contributed by atoms with Crippen molar-refractivity contribution in [3.63, 3.8) is 0 Å². The first-order valence-corrected chi connectivity index (χ1v) is 15.3. The highest BCUT2D eigenvalue weighted by Crippen LogP contribution is 2.65. The lowest BCUT2D eigenvalue weighted by Crippen LogP contribution is -2.57. The molecule has 3 aliphatic rings. The molecular formula is C33H47N3O6. The highest BCUT2D eigenvalue weighted by atomic mass is 16.5. The predicted molar refractivity (Wildman–Crippen MR) is 162 cm³/mol. The number of hydrogen-bond acceptors (Lipinski definition) is 6. The van der Waals surface area contributed by atoms with Crippen LogP contribution in [-0.4, -0.2) is 89.3 Å². The minimum absolute atomic E-state index is 0.0713. The molecule has 3 amide bonds. The van der Waals surface area contributed by atoms with Gasteiger partial charge in [-0.05, 0) is 63.3 Å². The fourth-order valence-corrected chi connectivity index (χ4v) is 7.35. The topological polar surface area (TPSA) is 99.6 Å². The van der Waals surface area contributed by atoms with Gasteiger partial charge < -0.3 is 29.3 Å². The maximum Gasteiger partial charge on any atom is 0.248 e. The molecule has 1 aromatic rings. The first-order valence-electron chi connectivity index (χ1n) is 15.3. The summed E-state index contributed by atoms with van der Waals surface area (Å²) in [5.41, 5.74) is -1.40. The van der Waals surface area contributed by atoms with Gasteiger partial charge in [-0.25, -0.2) is 0 Å². The Hall–Kier alpha value is -3.17. The third kappa shape index (κ3) is 5.26. The normalized spacial score (nSPS) is 29.4. The Morgan fingerprint density at radius 2 is 1.83 bits per heavy atom. The van der Waals surface area contributed by atoms with Crippen molar-refractivity contribution < 1.29 is 29.0 Å². The van der Waals surface area contributed by atoms with Gasteiger partial charge >= 0.3 is 0 Å². The van der Waals surface area contributed by atoms with E-state index in [1.807, 2.05) is 45.0 Å². The number of likely N-dealkylation sites (tertiary alicyclic amines) is 1. The maximum absolute atomic E-state index is 14.6. The number of rotatable bonds is 15. The average Bonchev–Trinajstić information content (AvgIpc) is 3.49. The summed E-state index contributed by atoms with van der Waals surface area (Å²) in [5.74, 6) is -1.64. The molecule has 1 N–H and O–H groups in total. The number of fused-ring (bicyclic) bond motifs is 1. The number of hydrogen-bond donors (Lipinski definition) is 1. The van der Waals surface area contributed by atoms with E-state index in [1.165, 1.54) is 0 Å². The van der Waals surface area contributed by atoms with E-state index in [9.17, 15) is 19.5 Å². The van der Waals surface area contributed by atoms with Crippen LogP contribution in [0.3, 0.4) is 0 Å². The van der Waals surface area contributed by atoms with Crippen LogP contribution in [0.4, 0.5) is 5.69 Å². The summed E-state index contributed by atoms with van der Waals surface area (Å²) in [6.45, 7) is 17.5. The molecule has 42 heavy (non-hydrogen) atoms. The van der Waals surface area contributed by atoms with E-state index in [-0.39, 0.29) is 43.3 Å².